The number of para-hydroxylation sites is 1. The van der Waals surface area contributed by atoms with E-state index < -0.39 is 0 Å². The fourth-order valence-electron chi connectivity index (χ4n) is 5.28. The topological polar surface area (TPSA) is 9.23 Å². The summed E-state index contributed by atoms with van der Waals surface area (Å²) < 4.78 is 6.39. The molecule has 1 unspecified atom stereocenters. The largest absolute Gasteiger partial charge is 0.460 e. The Balaban J connectivity index is 1.66. The molecule has 0 bridgehead atoms. The molecule has 0 saturated heterocycles. The van der Waals surface area contributed by atoms with Crippen LogP contribution in [0.15, 0.2) is 72.0 Å². The molecule has 2 aromatic rings. The number of rotatable bonds is 7. The van der Waals surface area contributed by atoms with Gasteiger partial charge in [0, 0.05) is 17.0 Å². The van der Waals surface area contributed by atoms with E-state index in [9.17, 15) is 0 Å². The van der Waals surface area contributed by atoms with Crippen molar-refractivity contribution in [3.63, 3.8) is 0 Å². The zero-order chi connectivity index (χ0) is 22.9. The van der Waals surface area contributed by atoms with Crippen LogP contribution in [0.4, 0.5) is 0 Å². The molecule has 4 rings (SSSR count). The van der Waals surface area contributed by atoms with Crippen molar-refractivity contribution in [2.24, 2.45) is 5.92 Å². The van der Waals surface area contributed by atoms with E-state index >= 15 is 0 Å². The van der Waals surface area contributed by atoms with E-state index in [-0.39, 0.29) is 5.41 Å². The molecule has 0 N–H and O–H groups in total. The first-order valence-electron chi connectivity index (χ1n) is 12.3. The van der Waals surface area contributed by atoms with Gasteiger partial charge >= 0.3 is 0 Å². The van der Waals surface area contributed by atoms with E-state index in [1.165, 1.54) is 27.8 Å². The number of benzene rings is 2. The van der Waals surface area contributed by atoms with Crippen molar-refractivity contribution in [2.45, 2.75) is 78.6 Å². The molecular formula is C31H38O. The summed E-state index contributed by atoms with van der Waals surface area (Å²) in [4.78, 5) is 0. The van der Waals surface area contributed by atoms with Crippen LogP contribution in [0.25, 0.3) is 11.1 Å². The molecule has 32 heavy (non-hydrogen) atoms. The van der Waals surface area contributed by atoms with Gasteiger partial charge in [-0.15, -0.1) is 0 Å². The van der Waals surface area contributed by atoms with Gasteiger partial charge in [-0.05, 0) is 66.7 Å². The third kappa shape index (κ3) is 4.35. The molecule has 1 aliphatic carbocycles. The van der Waals surface area contributed by atoms with Crippen molar-refractivity contribution in [1.82, 2.24) is 0 Å². The summed E-state index contributed by atoms with van der Waals surface area (Å²) >= 11 is 0. The van der Waals surface area contributed by atoms with Gasteiger partial charge in [-0.25, -0.2) is 0 Å². The molecule has 0 saturated carbocycles. The summed E-state index contributed by atoms with van der Waals surface area (Å²) in [5, 5.41) is 0. The van der Waals surface area contributed by atoms with E-state index in [1.807, 2.05) is 0 Å². The van der Waals surface area contributed by atoms with Crippen LogP contribution < -0.4 is 4.74 Å². The molecule has 0 aromatic heterocycles. The average Bonchev–Trinajstić information content (AvgIpc) is 3.15. The molecule has 1 atom stereocenters. The van der Waals surface area contributed by atoms with Gasteiger partial charge in [0.25, 0.3) is 0 Å². The van der Waals surface area contributed by atoms with Crippen molar-refractivity contribution in [3.05, 3.63) is 88.7 Å². The highest BCUT2D eigenvalue weighted by Gasteiger charge is 2.32. The van der Waals surface area contributed by atoms with Crippen LogP contribution in [0, 0.1) is 12.8 Å². The first-order valence-corrected chi connectivity index (χ1v) is 12.3. The SMILES string of the molecule is CC/C=C(\CCC(C)(C)c1cc(-c2cccc3c2OC2=CC=CCC23)ccc1C)C(C)C. The van der Waals surface area contributed by atoms with Crippen LogP contribution in [0.3, 0.4) is 0 Å². The summed E-state index contributed by atoms with van der Waals surface area (Å²) in [6, 6.07) is 13.6. The zero-order valence-corrected chi connectivity index (χ0v) is 20.7. The second-order valence-electron chi connectivity index (χ2n) is 10.4. The van der Waals surface area contributed by atoms with Crippen molar-refractivity contribution in [1.29, 1.82) is 0 Å². The Morgan fingerprint density at radius 1 is 1.19 bits per heavy atom. The predicted molar refractivity (Wildman–Crippen MR) is 137 cm³/mol. The Labute approximate surface area is 194 Å². The Hall–Kier alpha value is -2.54. The van der Waals surface area contributed by atoms with Gasteiger partial charge in [0.2, 0.25) is 0 Å². The summed E-state index contributed by atoms with van der Waals surface area (Å²) in [6.07, 6.45) is 13.4. The Morgan fingerprint density at radius 3 is 2.75 bits per heavy atom. The van der Waals surface area contributed by atoms with E-state index in [0.29, 0.717) is 11.8 Å². The van der Waals surface area contributed by atoms with E-state index in [4.69, 9.17) is 4.74 Å². The second-order valence-corrected chi connectivity index (χ2v) is 10.4. The molecule has 1 nitrogen and oxygen atoms in total. The second kappa shape index (κ2) is 9.14. The predicted octanol–water partition coefficient (Wildman–Crippen LogP) is 9.03. The number of hydrogen-bond acceptors (Lipinski definition) is 1. The molecule has 1 aliphatic heterocycles. The average molecular weight is 427 g/mol. The van der Waals surface area contributed by atoms with Crippen LogP contribution in [-0.2, 0) is 5.41 Å². The molecule has 2 aliphatic rings. The monoisotopic (exact) mass is 426 g/mol. The molecule has 1 heteroatoms. The normalized spacial score (nSPS) is 17.8. The van der Waals surface area contributed by atoms with Crippen LogP contribution >= 0.6 is 0 Å². The van der Waals surface area contributed by atoms with Crippen LogP contribution in [-0.4, -0.2) is 0 Å². The lowest BCUT2D eigenvalue weighted by molar-refractivity contribution is 0.426. The van der Waals surface area contributed by atoms with Crippen molar-refractivity contribution in [3.8, 4) is 16.9 Å². The van der Waals surface area contributed by atoms with Gasteiger partial charge in [-0.3, -0.25) is 0 Å². The van der Waals surface area contributed by atoms with E-state index in [2.05, 4.69) is 102 Å². The summed E-state index contributed by atoms with van der Waals surface area (Å²) in [5.41, 5.74) is 8.32. The number of allylic oxidation sites excluding steroid dienone is 6. The van der Waals surface area contributed by atoms with Crippen molar-refractivity contribution < 1.29 is 4.74 Å². The maximum Gasteiger partial charge on any atom is 0.138 e. The lowest BCUT2D eigenvalue weighted by Gasteiger charge is -2.29. The van der Waals surface area contributed by atoms with Gasteiger partial charge in [0.1, 0.15) is 11.5 Å². The minimum Gasteiger partial charge on any atom is -0.460 e. The highest BCUT2D eigenvalue weighted by Crippen LogP contribution is 2.49. The number of aryl methyl sites for hydroxylation is 1. The quantitative estimate of drug-likeness (QED) is 0.401. The smallest absolute Gasteiger partial charge is 0.138 e. The number of ether oxygens (including phenoxy) is 1. The molecule has 0 amide bonds. The minimum absolute atomic E-state index is 0.112. The van der Waals surface area contributed by atoms with Crippen LogP contribution in [0.5, 0.6) is 5.75 Å². The maximum absolute atomic E-state index is 6.39. The van der Waals surface area contributed by atoms with E-state index in [0.717, 1.165) is 37.2 Å². The zero-order valence-electron chi connectivity index (χ0n) is 20.7. The molecule has 168 valence electrons. The molecule has 1 heterocycles. The van der Waals surface area contributed by atoms with Crippen LogP contribution in [0.2, 0.25) is 0 Å². The fourth-order valence-corrected chi connectivity index (χ4v) is 5.28. The lowest BCUT2D eigenvalue weighted by atomic mass is 9.76. The third-order valence-electron chi connectivity index (χ3n) is 7.28. The number of hydrogen-bond donors (Lipinski definition) is 0. The summed E-state index contributed by atoms with van der Waals surface area (Å²) in [5.74, 6) is 3.13. The highest BCUT2D eigenvalue weighted by molar-refractivity contribution is 5.75. The molecule has 0 spiro atoms. The van der Waals surface area contributed by atoms with Gasteiger partial charge in [-0.1, -0.05) is 94.8 Å². The first-order chi connectivity index (χ1) is 15.3. The van der Waals surface area contributed by atoms with Gasteiger partial charge in [0.05, 0.1) is 0 Å². The van der Waals surface area contributed by atoms with Gasteiger partial charge in [0.15, 0.2) is 0 Å². The number of fused-ring (bicyclic) bond motifs is 3. The highest BCUT2D eigenvalue weighted by atomic mass is 16.5. The molecule has 0 radical (unpaired) electrons. The maximum atomic E-state index is 6.39. The standard InChI is InChI=1S/C31H38O/c1-7-11-23(21(2)3)18-19-31(5,6)28-20-24(17-16-22(28)4)25-13-10-14-27-26-12-8-9-15-29(26)32-30(25)27/h8-11,13-17,20-21,26H,7,12,18-19H2,1-6H3/b23-11+. The Morgan fingerprint density at radius 2 is 2.00 bits per heavy atom. The lowest BCUT2D eigenvalue weighted by Crippen LogP contribution is -2.19. The Kier molecular flexibility index (Phi) is 6.47. The molecular weight excluding hydrogens is 388 g/mol. The summed E-state index contributed by atoms with van der Waals surface area (Å²) in [6.45, 7) is 13.9. The Bertz CT molecular complexity index is 1080. The molecule has 0 fully saturated rings. The first kappa shape index (κ1) is 22.6. The summed E-state index contributed by atoms with van der Waals surface area (Å²) in [7, 11) is 0. The fraction of sp³-hybridized carbons (Fsp3) is 0.419. The van der Waals surface area contributed by atoms with Gasteiger partial charge < -0.3 is 4.74 Å². The minimum atomic E-state index is 0.112. The van der Waals surface area contributed by atoms with E-state index in [1.54, 1.807) is 5.57 Å². The van der Waals surface area contributed by atoms with Gasteiger partial charge in [-0.2, -0.15) is 0 Å². The van der Waals surface area contributed by atoms with Crippen molar-refractivity contribution >= 4 is 0 Å². The third-order valence-corrected chi connectivity index (χ3v) is 7.28. The molecule has 2 aromatic carbocycles. The van der Waals surface area contributed by atoms with Crippen LogP contribution in [0.1, 0.15) is 82.9 Å². The van der Waals surface area contributed by atoms with Crippen molar-refractivity contribution in [2.75, 3.05) is 0 Å².